The largest absolute Gasteiger partial charge is 0.366 e. The number of thioether (sulfide) groups is 1. The maximum Gasteiger partial charge on any atom is 0.226 e. The second-order valence-electron chi connectivity index (χ2n) is 11.2. The number of rotatable bonds is 6. The van der Waals surface area contributed by atoms with Gasteiger partial charge in [-0.05, 0) is 63.7 Å². The van der Waals surface area contributed by atoms with Crippen LogP contribution in [0.2, 0.25) is 0 Å². The molecule has 0 spiro atoms. The lowest BCUT2D eigenvalue weighted by Crippen LogP contribution is -2.44. The zero-order chi connectivity index (χ0) is 23.4. The van der Waals surface area contributed by atoms with Gasteiger partial charge in [0.25, 0.3) is 0 Å². The van der Waals surface area contributed by atoms with Crippen molar-refractivity contribution >= 4 is 17.7 Å². The molecular formula is C26H40N6OS. The summed E-state index contributed by atoms with van der Waals surface area (Å²) in [7, 11) is 2.14. The molecular weight excluding hydrogens is 444 g/mol. The predicted molar refractivity (Wildman–Crippen MR) is 136 cm³/mol. The van der Waals surface area contributed by atoms with E-state index in [4.69, 9.17) is 10.7 Å². The van der Waals surface area contributed by atoms with Crippen molar-refractivity contribution in [2.45, 2.75) is 101 Å². The van der Waals surface area contributed by atoms with Crippen molar-refractivity contribution < 1.29 is 4.79 Å². The normalized spacial score (nSPS) is 32.2. The number of nitrogens with two attached hydrogens (primary N) is 1. The Kier molecular flexibility index (Phi) is 6.18. The number of nitrogens with zero attached hydrogens (tertiary/aromatic N) is 5. The van der Waals surface area contributed by atoms with E-state index in [1.807, 2.05) is 11.8 Å². The van der Waals surface area contributed by atoms with Gasteiger partial charge in [-0.15, -0.1) is 11.8 Å². The number of amides is 1. The summed E-state index contributed by atoms with van der Waals surface area (Å²) >= 11 is 1.85. The van der Waals surface area contributed by atoms with E-state index in [0.29, 0.717) is 41.9 Å². The molecule has 4 aliphatic heterocycles. The van der Waals surface area contributed by atoms with Crippen LogP contribution in [0.25, 0.3) is 0 Å². The molecule has 5 aliphatic rings. The molecule has 0 aromatic carbocycles. The smallest absolute Gasteiger partial charge is 0.226 e. The molecule has 1 aliphatic carbocycles. The van der Waals surface area contributed by atoms with Crippen LogP contribution in [-0.2, 0) is 17.8 Å². The second-order valence-corrected chi connectivity index (χ2v) is 12.3. The zero-order valence-corrected chi connectivity index (χ0v) is 21.6. The quantitative estimate of drug-likeness (QED) is 0.669. The highest BCUT2D eigenvalue weighted by molar-refractivity contribution is 8.02. The van der Waals surface area contributed by atoms with Gasteiger partial charge < -0.3 is 20.1 Å². The highest BCUT2D eigenvalue weighted by Crippen LogP contribution is 2.41. The molecule has 1 aromatic heterocycles. The Balaban J connectivity index is 1.12. The number of carbonyl (C=O) groups excluding carboxylic acids is 1. The van der Waals surface area contributed by atoms with Gasteiger partial charge in [0.2, 0.25) is 5.91 Å². The summed E-state index contributed by atoms with van der Waals surface area (Å²) in [6, 6.07) is 2.10. The molecule has 6 rings (SSSR count). The summed E-state index contributed by atoms with van der Waals surface area (Å²) in [5, 5.41) is 2.55. The van der Waals surface area contributed by atoms with Crippen LogP contribution in [-0.4, -0.2) is 73.8 Å². The van der Waals surface area contributed by atoms with Gasteiger partial charge in [-0.25, -0.2) is 4.98 Å². The summed E-state index contributed by atoms with van der Waals surface area (Å²) in [4.78, 5) is 24.7. The van der Waals surface area contributed by atoms with Crippen LogP contribution in [0, 0.1) is 12.8 Å². The van der Waals surface area contributed by atoms with Crippen molar-refractivity contribution in [3.05, 3.63) is 28.8 Å². The van der Waals surface area contributed by atoms with Crippen molar-refractivity contribution in [1.82, 2.24) is 24.3 Å². The summed E-state index contributed by atoms with van der Waals surface area (Å²) in [6.45, 7) is 4.87. The highest BCUT2D eigenvalue weighted by Gasteiger charge is 2.41. The molecule has 2 bridgehead atoms. The molecule has 186 valence electrons. The third-order valence-electron chi connectivity index (χ3n) is 8.98. The lowest BCUT2D eigenvalue weighted by molar-refractivity contribution is -0.133. The molecule has 0 radical (unpaired) electrons. The number of imidazole rings is 1. The van der Waals surface area contributed by atoms with E-state index in [9.17, 15) is 4.79 Å². The molecule has 1 amide bonds. The number of hydrogen-bond acceptors (Lipinski definition) is 6. The standard InChI is InChI=1S/C26H40N6OS/c1-17-28-23-16-30(25(33)18-3-4-18)11-10-24(23)32(17)21-8-6-19-5-7-20(15-21)31(19)12-9-22(27)26-29(2)13-14-34-26/h13-14,18-22,26H,3-12,15-16,27H2,1-2H3/t19?,20?,21?,22-,26?/m0/s1. The van der Waals surface area contributed by atoms with Gasteiger partial charge >= 0.3 is 0 Å². The summed E-state index contributed by atoms with van der Waals surface area (Å²) in [5.74, 6) is 1.80. The molecule has 4 unspecified atom stereocenters. The zero-order valence-electron chi connectivity index (χ0n) is 20.7. The molecule has 1 saturated carbocycles. The van der Waals surface area contributed by atoms with Crippen LogP contribution < -0.4 is 5.73 Å². The predicted octanol–water partition coefficient (Wildman–Crippen LogP) is 3.24. The molecule has 5 heterocycles. The molecule has 2 saturated heterocycles. The van der Waals surface area contributed by atoms with Crippen LogP contribution in [0.1, 0.15) is 74.6 Å². The van der Waals surface area contributed by atoms with Gasteiger partial charge in [-0.1, -0.05) is 0 Å². The van der Waals surface area contributed by atoms with Gasteiger partial charge in [0.1, 0.15) is 5.82 Å². The van der Waals surface area contributed by atoms with Crippen molar-refractivity contribution in [2.24, 2.45) is 11.7 Å². The molecule has 2 N–H and O–H groups in total. The fraction of sp³-hybridized carbons (Fsp3) is 0.769. The molecule has 34 heavy (non-hydrogen) atoms. The van der Waals surface area contributed by atoms with E-state index >= 15 is 0 Å². The van der Waals surface area contributed by atoms with E-state index in [2.05, 4.69) is 44.8 Å². The molecule has 5 atom stereocenters. The SMILES string of the molecule is Cc1nc2c(n1C1CCC3CCC(C1)N3CC[C@H](N)C1SC=CN1C)CCN(C(=O)C1CC1)C2. The van der Waals surface area contributed by atoms with Crippen molar-refractivity contribution in [1.29, 1.82) is 0 Å². The van der Waals surface area contributed by atoms with Gasteiger partial charge in [0.15, 0.2) is 0 Å². The van der Waals surface area contributed by atoms with Gasteiger partial charge in [-0.2, -0.15) is 0 Å². The molecule has 7 nitrogen and oxygen atoms in total. The number of aryl methyl sites for hydroxylation is 1. The Morgan fingerprint density at radius 3 is 2.68 bits per heavy atom. The maximum atomic E-state index is 12.6. The van der Waals surface area contributed by atoms with E-state index in [0.717, 1.165) is 50.3 Å². The van der Waals surface area contributed by atoms with E-state index in [-0.39, 0.29) is 6.04 Å². The Hall–Kier alpha value is -1.51. The Bertz CT molecular complexity index is 957. The van der Waals surface area contributed by atoms with Crippen LogP contribution in [0.3, 0.4) is 0 Å². The fourth-order valence-electron chi connectivity index (χ4n) is 7.03. The first kappa shape index (κ1) is 22.9. The Labute approximate surface area is 208 Å². The van der Waals surface area contributed by atoms with E-state index < -0.39 is 0 Å². The van der Waals surface area contributed by atoms with Gasteiger partial charge in [0.05, 0.1) is 17.6 Å². The minimum absolute atomic E-state index is 0.202. The van der Waals surface area contributed by atoms with Crippen LogP contribution in [0.5, 0.6) is 0 Å². The van der Waals surface area contributed by atoms with Crippen molar-refractivity contribution in [3.63, 3.8) is 0 Å². The molecule has 1 aromatic rings. The number of aromatic nitrogens is 2. The van der Waals surface area contributed by atoms with Crippen LogP contribution >= 0.6 is 11.8 Å². The lowest BCUT2D eigenvalue weighted by atomic mass is 9.96. The summed E-state index contributed by atoms with van der Waals surface area (Å²) in [6.07, 6.45) is 12.7. The number of carbonyl (C=O) groups is 1. The van der Waals surface area contributed by atoms with Gasteiger partial charge in [-0.3, -0.25) is 9.69 Å². The maximum absolute atomic E-state index is 12.6. The van der Waals surface area contributed by atoms with E-state index in [1.54, 1.807) is 0 Å². The Morgan fingerprint density at radius 2 is 1.94 bits per heavy atom. The first-order valence-electron chi connectivity index (χ1n) is 13.4. The van der Waals surface area contributed by atoms with Crippen LogP contribution in [0.15, 0.2) is 11.6 Å². The Morgan fingerprint density at radius 1 is 1.18 bits per heavy atom. The minimum atomic E-state index is 0.202. The number of likely N-dealkylation sites (N-methyl/N-ethyl adjacent to an activating group) is 1. The first-order valence-corrected chi connectivity index (χ1v) is 14.3. The number of hydrogen-bond donors (Lipinski definition) is 1. The van der Waals surface area contributed by atoms with Crippen molar-refractivity contribution in [3.8, 4) is 0 Å². The lowest BCUT2D eigenvalue weighted by Gasteiger charge is -2.32. The van der Waals surface area contributed by atoms with Gasteiger partial charge in [0, 0.05) is 68.5 Å². The highest BCUT2D eigenvalue weighted by atomic mass is 32.2. The first-order chi connectivity index (χ1) is 16.5. The topological polar surface area (TPSA) is 70.6 Å². The fourth-order valence-corrected chi connectivity index (χ4v) is 8.06. The summed E-state index contributed by atoms with van der Waals surface area (Å²) < 4.78 is 2.58. The van der Waals surface area contributed by atoms with Crippen LogP contribution in [0.4, 0.5) is 0 Å². The minimum Gasteiger partial charge on any atom is -0.366 e. The summed E-state index contributed by atoms with van der Waals surface area (Å²) in [5.41, 5.74) is 9.18. The third kappa shape index (κ3) is 4.20. The second kappa shape index (κ2) is 9.17. The monoisotopic (exact) mass is 484 g/mol. The molecule has 3 fully saturated rings. The number of fused-ring (bicyclic) bond motifs is 3. The molecule has 8 heteroatoms. The van der Waals surface area contributed by atoms with Crippen molar-refractivity contribution in [2.75, 3.05) is 20.1 Å². The third-order valence-corrected chi connectivity index (χ3v) is 10.2. The van der Waals surface area contributed by atoms with E-state index in [1.165, 1.54) is 37.8 Å². The average molecular weight is 485 g/mol. The average Bonchev–Trinajstić information content (AvgIpc) is 3.39.